The van der Waals surface area contributed by atoms with Gasteiger partial charge in [-0.15, -0.1) is 0 Å². The van der Waals surface area contributed by atoms with Crippen LogP contribution in [0.3, 0.4) is 0 Å². The lowest BCUT2D eigenvalue weighted by Crippen LogP contribution is -2.15. The number of aromatic nitrogens is 3. The van der Waals surface area contributed by atoms with E-state index < -0.39 is 0 Å². The Morgan fingerprint density at radius 2 is 0.950 bits per heavy atom. The Bertz CT molecular complexity index is 3510. The average molecular weight is 768 g/mol. The number of benzene rings is 9. The van der Waals surface area contributed by atoms with Crippen molar-refractivity contribution in [3.63, 3.8) is 0 Å². The summed E-state index contributed by atoms with van der Waals surface area (Å²) in [5.41, 5.74) is 14.1. The molecule has 4 nitrogen and oxygen atoms in total. The molecule has 60 heavy (non-hydrogen) atoms. The van der Waals surface area contributed by atoms with Crippen molar-refractivity contribution in [3.8, 4) is 67.5 Å². The van der Waals surface area contributed by atoms with Crippen molar-refractivity contribution in [2.75, 3.05) is 0 Å². The van der Waals surface area contributed by atoms with Crippen molar-refractivity contribution in [2.24, 2.45) is 0 Å². The summed E-state index contributed by atoms with van der Waals surface area (Å²) < 4.78 is 6.69. The molecule has 0 aliphatic heterocycles. The Balaban J connectivity index is 0.985. The molecule has 9 aromatic carbocycles. The Hall–Kier alpha value is -7.69. The smallest absolute Gasteiger partial charge is 0.164 e. The van der Waals surface area contributed by atoms with E-state index in [9.17, 15) is 0 Å². The normalized spacial score (nSPS) is 13.0. The maximum Gasteiger partial charge on any atom is 0.164 e. The molecular weight excluding hydrogens is 731 g/mol. The minimum atomic E-state index is -0.149. The molecule has 2 heterocycles. The van der Waals surface area contributed by atoms with Crippen LogP contribution in [0.5, 0.6) is 0 Å². The first-order chi connectivity index (χ1) is 29.5. The third-order valence-electron chi connectivity index (χ3n) is 12.5. The molecule has 0 amide bonds. The highest BCUT2D eigenvalue weighted by atomic mass is 16.3. The summed E-state index contributed by atoms with van der Waals surface area (Å²) in [6, 6.07) is 66.7. The molecule has 0 fully saturated rings. The largest absolute Gasteiger partial charge is 0.456 e. The molecule has 0 radical (unpaired) electrons. The number of fused-ring (bicyclic) bond motifs is 9. The molecule has 0 bridgehead atoms. The van der Waals surface area contributed by atoms with Crippen molar-refractivity contribution >= 4 is 43.5 Å². The van der Waals surface area contributed by atoms with Crippen LogP contribution in [0, 0.1) is 0 Å². The molecule has 0 N–H and O–H groups in total. The predicted molar refractivity (Wildman–Crippen MR) is 247 cm³/mol. The molecule has 1 aliphatic carbocycles. The number of rotatable bonds is 5. The first kappa shape index (κ1) is 34.4. The van der Waals surface area contributed by atoms with E-state index in [1.165, 1.54) is 44.2 Å². The second-order valence-corrected chi connectivity index (χ2v) is 16.4. The van der Waals surface area contributed by atoms with Crippen LogP contribution in [0.25, 0.3) is 111 Å². The summed E-state index contributed by atoms with van der Waals surface area (Å²) in [5, 5.41) is 6.80. The van der Waals surface area contributed by atoms with Gasteiger partial charge in [0.15, 0.2) is 17.5 Å². The van der Waals surface area contributed by atoms with E-state index in [0.717, 1.165) is 60.5 Å². The van der Waals surface area contributed by atoms with E-state index in [1.807, 2.05) is 18.2 Å². The zero-order valence-electron chi connectivity index (χ0n) is 33.1. The maximum absolute atomic E-state index is 6.69. The van der Waals surface area contributed by atoms with Gasteiger partial charge in [-0.05, 0) is 96.4 Å². The van der Waals surface area contributed by atoms with Crippen LogP contribution < -0.4 is 0 Å². The second-order valence-electron chi connectivity index (χ2n) is 16.4. The van der Waals surface area contributed by atoms with Crippen molar-refractivity contribution < 1.29 is 4.42 Å². The molecule has 1 aliphatic rings. The number of hydrogen-bond acceptors (Lipinski definition) is 4. The second kappa shape index (κ2) is 13.2. The van der Waals surface area contributed by atoms with E-state index >= 15 is 0 Å². The van der Waals surface area contributed by atoms with Gasteiger partial charge in [-0.2, -0.15) is 0 Å². The van der Waals surface area contributed by atoms with E-state index in [1.54, 1.807) is 0 Å². The van der Waals surface area contributed by atoms with Gasteiger partial charge < -0.3 is 4.42 Å². The average Bonchev–Trinajstić information content (AvgIpc) is 3.79. The molecule has 0 saturated heterocycles. The van der Waals surface area contributed by atoms with Crippen LogP contribution in [-0.2, 0) is 5.41 Å². The molecular formula is C56H37N3O. The highest BCUT2D eigenvalue weighted by Crippen LogP contribution is 2.49. The Morgan fingerprint density at radius 1 is 0.350 bits per heavy atom. The zero-order valence-corrected chi connectivity index (χ0v) is 33.1. The molecule has 282 valence electrons. The summed E-state index contributed by atoms with van der Waals surface area (Å²) >= 11 is 0. The van der Waals surface area contributed by atoms with E-state index in [2.05, 4.69) is 184 Å². The van der Waals surface area contributed by atoms with Gasteiger partial charge in [0.2, 0.25) is 0 Å². The van der Waals surface area contributed by atoms with Crippen molar-refractivity contribution in [1.82, 2.24) is 15.0 Å². The van der Waals surface area contributed by atoms with Gasteiger partial charge in [-0.3, -0.25) is 0 Å². The van der Waals surface area contributed by atoms with Crippen LogP contribution >= 0.6 is 0 Å². The van der Waals surface area contributed by atoms with Crippen molar-refractivity contribution in [3.05, 3.63) is 199 Å². The minimum absolute atomic E-state index is 0.149. The predicted octanol–water partition coefficient (Wildman–Crippen LogP) is 14.7. The Morgan fingerprint density at radius 3 is 1.77 bits per heavy atom. The van der Waals surface area contributed by atoms with Gasteiger partial charge in [0.25, 0.3) is 0 Å². The molecule has 11 aromatic rings. The van der Waals surface area contributed by atoms with Crippen LogP contribution in [0.4, 0.5) is 0 Å². The van der Waals surface area contributed by atoms with Crippen LogP contribution in [0.15, 0.2) is 192 Å². The Kier molecular flexibility index (Phi) is 7.54. The fourth-order valence-electron chi connectivity index (χ4n) is 9.41. The molecule has 12 rings (SSSR count). The maximum atomic E-state index is 6.69. The molecule has 0 spiro atoms. The first-order valence-electron chi connectivity index (χ1n) is 20.5. The molecule has 0 atom stereocenters. The minimum Gasteiger partial charge on any atom is -0.456 e. The van der Waals surface area contributed by atoms with Crippen LogP contribution in [0.2, 0.25) is 0 Å². The fraction of sp³-hybridized carbons (Fsp3) is 0.0536. The first-order valence-corrected chi connectivity index (χ1v) is 20.5. The van der Waals surface area contributed by atoms with Crippen LogP contribution in [0.1, 0.15) is 25.0 Å². The zero-order chi connectivity index (χ0) is 40.0. The molecule has 2 aromatic heterocycles. The molecule has 4 heteroatoms. The summed E-state index contributed by atoms with van der Waals surface area (Å²) in [7, 11) is 0. The lowest BCUT2D eigenvalue weighted by Gasteiger charge is -2.21. The Labute approximate surface area is 347 Å². The van der Waals surface area contributed by atoms with E-state index in [-0.39, 0.29) is 5.41 Å². The number of hydrogen-bond donors (Lipinski definition) is 0. The standard InChI is InChI=1S/C56H37N3O/c1-56(2)48-19-11-10-17-43(48)44-28-26-41(32-49(44)56)54-57-53(37-13-4-3-5-14-37)58-55(59-54)46-33-51-52(45-18-9-8-16-42(45)46)47-31-40(27-29-50(47)60-51)36-22-20-35(21-23-36)39-25-24-34-12-6-7-15-38(34)30-39/h3-33H,1-2H3. The quantitative estimate of drug-likeness (QED) is 0.175. The summed E-state index contributed by atoms with van der Waals surface area (Å²) in [6.45, 7) is 4.60. The summed E-state index contributed by atoms with van der Waals surface area (Å²) in [5.74, 6) is 1.87. The SMILES string of the molecule is CC1(C)c2ccccc2-c2ccc(-c3nc(-c4ccccc4)nc(-c4cc5oc6ccc(-c7ccc(-c8ccc9ccccc9c8)cc7)cc6c5c5ccccc45)n3)cc21. The topological polar surface area (TPSA) is 51.8 Å². The van der Waals surface area contributed by atoms with Crippen LogP contribution in [-0.4, -0.2) is 15.0 Å². The van der Waals surface area contributed by atoms with E-state index in [0.29, 0.717) is 17.5 Å². The third-order valence-corrected chi connectivity index (χ3v) is 12.5. The van der Waals surface area contributed by atoms with Gasteiger partial charge in [0.1, 0.15) is 11.2 Å². The van der Waals surface area contributed by atoms with Gasteiger partial charge in [0.05, 0.1) is 0 Å². The van der Waals surface area contributed by atoms with Crippen molar-refractivity contribution in [2.45, 2.75) is 19.3 Å². The van der Waals surface area contributed by atoms with Gasteiger partial charge >= 0.3 is 0 Å². The van der Waals surface area contributed by atoms with Gasteiger partial charge in [0, 0.05) is 32.9 Å². The highest BCUT2D eigenvalue weighted by Gasteiger charge is 2.35. The number of furan rings is 1. The van der Waals surface area contributed by atoms with Gasteiger partial charge in [-0.25, -0.2) is 15.0 Å². The third kappa shape index (κ3) is 5.41. The lowest BCUT2D eigenvalue weighted by molar-refractivity contribution is 0.660. The summed E-state index contributed by atoms with van der Waals surface area (Å²) in [4.78, 5) is 15.6. The van der Waals surface area contributed by atoms with Crippen molar-refractivity contribution in [1.29, 1.82) is 0 Å². The van der Waals surface area contributed by atoms with Gasteiger partial charge in [-0.1, -0.05) is 172 Å². The fourth-order valence-corrected chi connectivity index (χ4v) is 9.41. The highest BCUT2D eigenvalue weighted by molar-refractivity contribution is 6.22. The lowest BCUT2D eigenvalue weighted by atomic mass is 9.82. The summed E-state index contributed by atoms with van der Waals surface area (Å²) in [6.07, 6.45) is 0. The number of nitrogens with zero attached hydrogens (tertiary/aromatic N) is 3. The monoisotopic (exact) mass is 767 g/mol. The molecule has 0 saturated carbocycles. The van der Waals surface area contributed by atoms with E-state index in [4.69, 9.17) is 19.4 Å². The molecule has 0 unspecified atom stereocenters.